The van der Waals surface area contributed by atoms with E-state index in [1.165, 1.54) is 23.5 Å². The van der Waals surface area contributed by atoms with Gasteiger partial charge in [0.15, 0.2) is 0 Å². The summed E-state index contributed by atoms with van der Waals surface area (Å²) in [5.74, 6) is -0.270. The van der Waals surface area contributed by atoms with E-state index in [1.807, 2.05) is 12.3 Å². The molecule has 0 aliphatic heterocycles. The number of hydrogen-bond acceptors (Lipinski definition) is 2. The molecule has 4 heteroatoms. The van der Waals surface area contributed by atoms with Gasteiger partial charge in [-0.15, -0.1) is 11.3 Å². The van der Waals surface area contributed by atoms with Crippen molar-refractivity contribution in [3.63, 3.8) is 0 Å². The highest BCUT2D eigenvalue weighted by Gasteiger charge is 2.15. The molecule has 1 aromatic heterocycles. The van der Waals surface area contributed by atoms with Crippen LogP contribution < -0.4 is 0 Å². The quantitative estimate of drug-likeness (QED) is 0.889. The standard InChI is InChI=1S/C13H12ClFOS/c1-8-7-17-13(12(8)14)11(16)6-9-2-4-10(15)5-3-9/h2-5,7,11,16H,6H2,1H3. The number of hydrogen-bond donors (Lipinski definition) is 1. The van der Waals surface area contributed by atoms with Gasteiger partial charge in [0.1, 0.15) is 5.82 Å². The first-order chi connectivity index (χ1) is 8.08. The first-order valence-corrected chi connectivity index (χ1v) is 6.49. The minimum atomic E-state index is -0.633. The van der Waals surface area contributed by atoms with E-state index in [0.717, 1.165) is 16.0 Å². The van der Waals surface area contributed by atoms with Gasteiger partial charge in [-0.25, -0.2) is 4.39 Å². The van der Waals surface area contributed by atoms with Gasteiger partial charge in [0.25, 0.3) is 0 Å². The molecule has 0 spiro atoms. The molecule has 1 heterocycles. The van der Waals surface area contributed by atoms with E-state index < -0.39 is 6.10 Å². The summed E-state index contributed by atoms with van der Waals surface area (Å²) in [4.78, 5) is 0.772. The second kappa shape index (κ2) is 5.17. The Morgan fingerprint density at radius 2 is 2.00 bits per heavy atom. The van der Waals surface area contributed by atoms with Gasteiger partial charge in [-0.2, -0.15) is 0 Å². The summed E-state index contributed by atoms with van der Waals surface area (Å²) in [6, 6.07) is 6.13. The van der Waals surface area contributed by atoms with Crippen molar-refractivity contribution in [2.24, 2.45) is 0 Å². The maximum absolute atomic E-state index is 12.7. The summed E-state index contributed by atoms with van der Waals surface area (Å²) in [5, 5.41) is 12.6. The largest absolute Gasteiger partial charge is 0.387 e. The normalized spacial score (nSPS) is 12.7. The Morgan fingerprint density at radius 3 is 2.53 bits per heavy atom. The average molecular weight is 271 g/mol. The fourth-order valence-corrected chi connectivity index (χ4v) is 2.92. The van der Waals surface area contributed by atoms with Gasteiger partial charge in [0.05, 0.1) is 16.0 Å². The third-order valence-corrected chi connectivity index (χ3v) is 4.39. The second-order valence-corrected chi connectivity index (χ2v) is 5.23. The smallest absolute Gasteiger partial charge is 0.123 e. The van der Waals surface area contributed by atoms with Crippen molar-refractivity contribution in [1.82, 2.24) is 0 Å². The Hall–Kier alpha value is -0.900. The van der Waals surface area contributed by atoms with Crippen LogP contribution in [0.2, 0.25) is 5.02 Å². The summed E-state index contributed by atoms with van der Waals surface area (Å²) in [6.07, 6.45) is -0.188. The fraction of sp³-hybridized carbons (Fsp3) is 0.231. The summed E-state index contributed by atoms with van der Waals surface area (Å²) in [5.41, 5.74) is 1.87. The molecular formula is C13H12ClFOS. The number of thiophene rings is 1. The molecule has 1 nitrogen and oxygen atoms in total. The van der Waals surface area contributed by atoms with E-state index in [0.29, 0.717) is 11.4 Å². The van der Waals surface area contributed by atoms with Crippen LogP contribution in [0.15, 0.2) is 29.6 Å². The van der Waals surface area contributed by atoms with Crippen LogP contribution in [0.1, 0.15) is 22.1 Å². The van der Waals surface area contributed by atoms with Crippen LogP contribution in [-0.4, -0.2) is 5.11 Å². The molecule has 0 aliphatic rings. The Labute approximate surface area is 108 Å². The predicted molar refractivity (Wildman–Crippen MR) is 69.1 cm³/mol. The van der Waals surface area contributed by atoms with E-state index in [9.17, 15) is 9.50 Å². The lowest BCUT2D eigenvalue weighted by atomic mass is 10.1. The highest BCUT2D eigenvalue weighted by molar-refractivity contribution is 7.10. The zero-order chi connectivity index (χ0) is 12.4. The summed E-state index contributed by atoms with van der Waals surface area (Å²) in [7, 11) is 0. The molecule has 1 unspecified atom stereocenters. The maximum atomic E-state index is 12.7. The number of aliphatic hydroxyl groups is 1. The Morgan fingerprint density at radius 1 is 1.35 bits per heavy atom. The lowest BCUT2D eigenvalue weighted by Crippen LogP contribution is -2.00. The predicted octanol–water partition coefficient (Wildman–Crippen LogP) is 4.13. The van der Waals surface area contributed by atoms with Gasteiger partial charge >= 0.3 is 0 Å². The minimum Gasteiger partial charge on any atom is -0.387 e. The lowest BCUT2D eigenvalue weighted by Gasteiger charge is -2.09. The van der Waals surface area contributed by atoms with Crippen molar-refractivity contribution < 1.29 is 9.50 Å². The van der Waals surface area contributed by atoms with E-state index in [1.54, 1.807) is 12.1 Å². The Kier molecular flexibility index (Phi) is 3.82. The van der Waals surface area contributed by atoms with Crippen LogP contribution in [0.4, 0.5) is 4.39 Å². The molecule has 2 rings (SSSR count). The van der Waals surface area contributed by atoms with Crippen molar-refractivity contribution in [3.05, 3.63) is 56.5 Å². The summed E-state index contributed by atoms with van der Waals surface area (Å²) in [6.45, 7) is 1.91. The molecule has 0 radical (unpaired) electrons. The molecule has 17 heavy (non-hydrogen) atoms. The molecule has 0 bridgehead atoms. The van der Waals surface area contributed by atoms with Crippen molar-refractivity contribution >= 4 is 22.9 Å². The van der Waals surface area contributed by atoms with Gasteiger partial charge < -0.3 is 5.11 Å². The van der Waals surface area contributed by atoms with Crippen LogP contribution in [0.3, 0.4) is 0 Å². The molecule has 2 aromatic rings. The van der Waals surface area contributed by atoms with Crippen LogP contribution in [0, 0.1) is 12.7 Å². The minimum absolute atomic E-state index is 0.270. The van der Waals surface area contributed by atoms with Crippen molar-refractivity contribution in [1.29, 1.82) is 0 Å². The monoisotopic (exact) mass is 270 g/mol. The summed E-state index contributed by atoms with van der Waals surface area (Å²) < 4.78 is 12.7. The third kappa shape index (κ3) is 2.86. The first-order valence-electron chi connectivity index (χ1n) is 5.24. The molecular weight excluding hydrogens is 259 g/mol. The first kappa shape index (κ1) is 12.6. The fourth-order valence-electron chi connectivity index (χ4n) is 1.61. The van der Waals surface area contributed by atoms with Gasteiger partial charge in [0, 0.05) is 6.42 Å². The zero-order valence-corrected chi connectivity index (χ0v) is 10.9. The SMILES string of the molecule is Cc1csc(C(O)Cc2ccc(F)cc2)c1Cl. The highest BCUT2D eigenvalue weighted by Crippen LogP contribution is 2.33. The van der Waals surface area contributed by atoms with Crippen LogP contribution in [-0.2, 0) is 6.42 Å². The molecule has 90 valence electrons. The van der Waals surface area contributed by atoms with Crippen LogP contribution in [0.5, 0.6) is 0 Å². The highest BCUT2D eigenvalue weighted by atomic mass is 35.5. The number of aryl methyl sites for hydroxylation is 1. The van der Waals surface area contributed by atoms with Crippen molar-refractivity contribution in [2.45, 2.75) is 19.4 Å². The molecule has 0 amide bonds. The van der Waals surface area contributed by atoms with E-state index >= 15 is 0 Å². The number of benzene rings is 1. The van der Waals surface area contributed by atoms with Gasteiger partial charge in [-0.3, -0.25) is 0 Å². The maximum Gasteiger partial charge on any atom is 0.123 e. The molecule has 0 aliphatic carbocycles. The van der Waals surface area contributed by atoms with Crippen LogP contribution >= 0.6 is 22.9 Å². The van der Waals surface area contributed by atoms with Gasteiger partial charge in [-0.05, 0) is 35.6 Å². The van der Waals surface area contributed by atoms with Crippen molar-refractivity contribution in [3.8, 4) is 0 Å². The lowest BCUT2D eigenvalue weighted by molar-refractivity contribution is 0.182. The number of rotatable bonds is 3. The molecule has 1 N–H and O–H groups in total. The van der Waals surface area contributed by atoms with E-state index in [2.05, 4.69) is 0 Å². The Balaban J connectivity index is 2.14. The number of halogens is 2. The number of aliphatic hydroxyl groups excluding tert-OH is 1. The summed E-state index contributed by atoms with van der Waals surface area (Å²) >= 11 is 7.54. The average Bonchev–Trinajstić information content (AvgIpc) is 2.63. The van der Waals surface area contributed by atoms with E-state index in [4.69, 9.17) is 11.6 Å². The van der Waals surface area contributed by atoms with Gasteiger partial charge in [0.2, 0.25) is 0 Å². The zero-order valence-electron chi connectivity index (χ0n) is 9.28. The topological polar surface area (TPSA) is 20.2 Å². The molecule has 0 saturated carbocycles. The Bertz CT molecular complexity index is 507. The molecule has 1 atom stereocenters. The molecule has 1 aromatic carbocycles. The van der Waals surface area contributed by atoms with E-state index in [-0.39, 0.29) is 5.82 Å². The van der Waals surface area contributed by atoms with Crippen LogP contribution in [0.25, 0.3) is 0 Å². The van der Waals surface area contributed by atoms with Crippen molar-refractivity contribution in [2.75, 3.05) is 0 Å². The second-order valence-electron chi connectivity index (χ2n) is 3.94. The molecule has 0 saturated heterocycles. The molecule has 0 fully saturated rings. The third-order valence-electron chi connectivity index (χ3n) is 2.57. The van der Waals surface area contributed by atoms with Gasteiger partial charge in [-0.1, -0.05) is 23.7 Å².